The molecule has 1 heterocycles. The van der Waals surface area contributed by atoms with Gasteiger partial charge in [-0.2, -0.15) is 4.31 Å². The molecule has 0 saturated carbocycles. The first-order chi connectivity index (χ1) is 7.00. The van der Waals surface area contributed by atoms with Gasteiger partial charge in [-0.15, -0.1) is 0 Å². The summed E-state index contributed by atoms with van der Waals surface area (Å²) in [6, 6.07) is 0.260. The molecule has 0 bridgehead atoms. The van der Waals surface area contributed by atoms with Crippen molar-refractivity contribution in [3.8, 4) is 0 Å². The van der Waals surface area contributed by atoms with Crippen LogP contribution in [0.4, 0.5) is 0 Å². The molecule has 3 nitrogen and oxygen atoms in total. The fourth-order valence-corrected chi connectivity index (χ4v) is 3.75. The van der Waals surface area contributed by atoms with Crippen molar-refractivity contribution in [3.05, 3.63) is 0 Å². The zero-order chi connectivity index (χ0) is 11.5. The molecular weight excluding hydrogens is 210 g/mol. The van der Waals surface area contributed by atoms with Gasteiger partial charge in [-0.1, -0.05) is 19.8 Å². The van der Waals surface area contributed by atoms with Gasteiger partial charge in [-0.3, -0.25) is 0 Å². The summed E-state index contributed by atoms with van der Waals surface area (Å²) < 4.78 is 25.9. The van der Waals surface area contributed by atoms with Crippen molar-refractivity contribution in [2.75, 3.05) is 6.54 Å². The maximum absolute atomic E-state index is 12.1. The molecule has 1 atom stereocenters. The van der Waals surface area contributed by atoms with Gasteiger partial charge in [0.05, 0.1) is 5.25 Å². The van der Waals surface area contributed by atoms with Crippen molar-refractivity contribution in [1.29, 1.82) is 0 Å². The van der Waals surface area contributed by atoms with Crippen molar-refractivity contribution < 1.29 is 8.42 Å². The molecular formula is C11H23NO2S. The lowest BCUT2D eigenvalue weighted by Gasteiger charge is -2.35. The van der Waals surface area contributed by atoms with Crippen LogP contribution in [0.5, 0.6) is 0 Å². The summed E-state index contributed by atoms with van der Waals surface area (Å²) >= 11 is 0. The minimum Gasteiger partial charge on any atom is -0.212 e. The van der Waals surface area contributed by atoms with Crippen LogP contribution in [0.1, 0.15) is 52.9 Å². The predicted molar refractivity (Wildman–Crippen MR) is 63.3 cm³/mol. The second-order valence-corrected chi connectivity index (χ2v) is 7.08. The van der Waals surface area contributed by atoms with Crippen molar-refractivity contribution >= 4 is 10.0 Å². The first-order valence-corrected chi connectivity index (χ1v) is 7.51. The first kappa shape index (κ1) is 13.0. The molecule has 4 heteroatoms. The van der Waals surface area contributed by atoms with Crippen molar-refractivity contribution in [2.24, 2.45) is 0 Å². The molecule has 1 aliphatic rings. The molecule has 0 amide bonds. The number of sulfonamides is 1. The summed E-state index contributed by atoms with van der Waals surface area (Å²) in [6.07, 6.45) is 5.31. The van der Waals surface area contributed by atoms with Crippen LogP contribution in [-0.2, 0) is 10.0 Å². The minimum absolute atomic E-state index is 0.260. The number of nitrogens with zero attached hydrogens (tertiary/aromatic N) is 1. The summed E-state index contributed by atoms with van der Waals surface area (Å²) in [5.41, 5.74) is 0. The summed E-state index contributed by atoms with van der Waals surface area (Å²) in [4.78, 5) is 0. The zero-order valence-electron chi connectivity index (χ0n) is 10.1. The molecule has 15 heavy (non-hydrogen) atoms. The smallest absolute Gasteiger partial charge is 0.212 e. The van der Waals surface area contributed by atoms with E-state index in [1.54, 1.807) is 18.2 Å². The Morgan fingerprint density at radius 2 is 2.00 bits per heavy atom. The SMILES string of the molecule is CCCC1CCCCN1S(=O)(=O)C(C)C. The van der Waals surface area contributed by atoms with E-state index in [4.69, 9.17) is 0 Å². The second-order valence-electron chi connectivity index (χ2n) is 4.64. The lowest BCUT2D eigenvalue weighted by molar-refractivity contribution is 0.238. The fraction of sp³-hybridized carbons (Fsp3) is 1.00. The Balaban J connectivity index is 2.80. The standard InChI is InChI=1S/C11H23NO2S/c1-4-7-11-8-5-6-9-12(11)15(13,14)10(2)3/h10-11H,4-9H2,1-3H3. The van der Waals surface area contributed by atoms with Crippen LogP contribution in [-0.4, -0.2) is 30.6 Å². The highest BCUT2D eigenvalue weighted by Crippen LogP contribution is 2.25. The molecule has 0 aromatic rings. The highest BCUT2D eigenvalue weighted by Gasteiger charge is 2.33. The summed E-state index contributed by atoms with van der Waals surface area (Å²) in [6.45, 7) is 6.39. The van der Waals surface area contributed by atoms with Gasteiger partial charge in [0.1, 0.15) is 0 Å². The van der Waals surface area contributed by atoms with Gasteiger partial charge < -0.3 is 0 Å². The molecule has 1 fully saturated rings. The van der Waals surface area contributed by atoms with E-state index in [2.05, 4.69) is 6.92 Å². The lowest BCUT2D eigenvalue weighted by atomic mass is 10.0. The Bertz CT molecular complexity index is 283. The summed E-state index contributed by atoms with van der Waals surface area (Å²) in [7, 11) is -3.04. The van der Waals surface area contributed by atoms with Crippen molar-refractivity contribution in [3.63, 3.8) is 0 Å². The minimum atomic E-state index is -3.04. The van der Waals surface area contributed by atoms with E-state index >= 15 is 0 Å². The van der Waals surface area contributed by atoms with E-state index in [-0.39, 0.29) is 11.3 Å². The Morgan fingerprint density at radius 3 is 2.53 bits per heavy atom. The molecule has 1 unspecified atom stereocenters. The monoisotopic (exact) mass is 233 g/mol. The highest BCUT2D eigenvalue weighted by atomic mass is 32.2. The average Bonchev–Trinajstić information content (AvgIpc) is 2.18. The van der Waals surface area contributed by atoms with Crippen LogP contribution in [0.2, 0.25) is 0 Å². The van der Waals surface area contributed by atoms with Crippen LogP contribution in [0, 0.1) is 0 Å². The molecule has 1 rings (SSSR count). The lowest BCUT2D eigenvalue weighted by Crippen LogP contribution is -2.46. The predicted octanol–water partition coefficient (Wildman–Crippen LogP) is 2.38. The number of piperidine rings is 1. The van der Waals surface area contributed by atoms with E-state index in [0.29, 0.717) is 0 Å². The Labute approximate surface area is 93.9 Å². The summed E-state index contributed by atoms with van der Waals surface area (Å²) in [5, 5.41) is -0.282. The molecule has 1 saturated heterocycles. The molecule has 0 aliphatic carbocycles. The Morgan fingerprint density at radius 1 is 1.33 bits per heavy atom. The van der Waals surface area contributed by atoms with E-state index in [1.807, 2.05) is 0 Å². The molecule has 1 aliphatic heterocycles. The second kappa shape index (κ2) is 5.30. The van der Waals surface area contributed by atoms with Crippen LogP contribution in [0.15, 0.2) is 0 Å². The van der Waals surface area contributed by atoms with E-state index < -0.39 is 10.0 Å². The largest absolute Gasteiger partial charge is 0.216 e. The quantitative estimate of drug-likeness (QED) is 0.747. The fourth-order valence-electron chi connectivity index (χ4n) is 2.20. The molecule has 90 valence electrons. The molecule has 0 aromatic carbocycles. The van der Waals surface area contributed by atoms with E-state index in [9.17, 15) is 8.42 Å². The van der Waals surface area contributed by atoms with Crippen molar-refractivity contribution in [2.45, 2.75) is 64.2 Å². The van der Waals surface area contributed by atoms with Crippen LogP contribution in [0.3, 0.4) is 0 Å². The van der Waals surface area contributed by atoms with Gasteiger partial charge in [0.2, 0.25) is 10.0 Å². The van der Waals surface area contributed by atoms with Crippen LogP contribution in [0.25, 0.3) is 0 Å². The Kier molecular flexibility index (Phi) is 4.59. The van der Waals surface area contributed by atoms with Crippen LogP contribution >= 0.6 is 0 Å². The number of hydrogen-bond donors (Lipinski definition) is 0. The molecule has 0 N–H and O–H groups in total. The van der Waals surface area contributed by atoms with Gasteiger partial charge in [-0.05, 0) is 33.1 Å². The third kappa shape index (κ3) is 2.94. The van der Waals surface area contributed by atoms with Gasteiger partial charge in [0.15, 0.2) is 0 Å². The number of rotatable bonds is 4. The van der Waals surface area contributed by atoms with Gasteiger partial charge >= 0.3 is 0 Å². The zero-order valence-corrected chi connectivity index (χ0v) is 10.9. The number of hydrogen-bond acceptors (Lipinski definition) is 2. The topological polar surface area (TPSA) is 37.4 Å². The highest BCUT2D eigenvalue weighted by molar-refractivity contribution is 7.89. The summed E-state index contributed by atoms with van der Waals surface area (Å²) in [5.74, 6) is 0. The van der Waals surface area contributed by atoms with Crippen LogP contribution < -0.4 is 0 Å². The molecule has 0 spiro atoms. The molecule has 0 aromatic heterocycles. The first-order valence-electron chi connectivity index (χ1n) is 6.00. The third-order valence-corrected chi connectivity index (χ3v) is 5.44. The van der Waals surface area contributed by atoms with Crippen molar-refractivity contribution in [1.82, 2.24) is 4.31 Å². The van der Waals surface area contributed by atoms with Gasteiger partial charge in [-0.25, -0.2) is 8.42 Å². The van der Waals surface area contributed by atoms with E-state index in [0.717, 1.165) is 32.2 Å². The molecule has 0 radical (unpaired) electrons. The Hall–Kier alpha value is -0.0900. The third-order valence-electron chi connectivity index (χ3n) is 3.12. The maximum Gasteiger partial charge on any atom is 0.216 e. The normalized spacial score (nSPS) is 24.7. The maximum atomic E-state index is 12.1. The average molecular weight is 233 g/mol. The van der Waals surface area contributed by atoms with Gasteiger partial charge in [0, 0.05) is 12.6 Å². The van der Waals surface area contributed by atoms with Gasteiger partial charge in [0.25, 0.3) is 0 Å². The van der Waals surface area contributed by atoms with E-state index in [1.165, 1.54) is 6.42 Å².